The van der Waals surface area contributed by atoms with Gasteiger partial charge < -0.3 is 20.5 Å². The molecule has 0 amide bonds. The van der Waals surface area contributed by atoms with E-state index in [4.69, 9.17) is 15.2 Å². The zero-order chi connectivity index (χ0) is 11.8. The summed E-state index contributed by atoms with van der Waals surface area (Å²) in [6.45, 7) is 4.30. The lowest BCUT2D eigenvalue weighted by atomic mass is 9.89. The molecule has 1 aliphatic heterocycles. The summed E-state index contributed by atoms with van der Waals surface area (Å²) in [4.78, 5) is 0. The lowest BCUT2D eigenvalue weighted by Gasteiger charge is -2.30. The van der Waals surface area contributed by atoms with Crippen molar-refractivity contribution in [3.63, 3.8) is 0 Å². The van der Waals surface area contributed by atoms with Crippen molar-refractivity contribution < 1.29 is 9.47 Å². The highest BCUT2D eigenvalue weighted by Crippen LogP contribution is 2.35. The maximum Gasteiger partial charge on any atom is 0.231 e. The van der Waals surface area contributed by atoms with Crippen LogP contribution in [0.5, 0.6) is 11.5 Å². The molecule has 1 aromatic carbocycles. The largest absolute Gasteiger partial charge is 0.454 e. The molecule has 0 radical (unpaired) electrons. The van der Waals surface area contributed by atoms with Gasteiger partial charge in [0, 0.05) is 11.6 Å². The molecule has 4 nitrogen and oxygen atoms in total. The SMILES string of the molecule is CNC(c1ccc2c(c1)OCO2)C(C)(C)N. The van der Waals surface area contributed by atoms with Crippen LogP contribution in [-0.2, 0) is 0 Å². The summed E-state index contributed by atoms with van der Waals surface area (Å²) in [5.74, 6) is 1.59. The van der Waals surface area contributed by atoms with Crippen molar-refractivity contribution in [3.8, 4) is 11.5 Å². The van der Waals surface area contributed by atoms with E-state index in [2.05, 4.69) is 5.32 Å². The Morgan fingerprint density at radius 2 is 2.00 bits per heavy atom. The first-order valence-electron chi connectivity index (χ1n) is 5.38. The Hall–Kier alpha value is -1.26. The molecule has 0 saturated heterocycles. The Kier molecular flexibility index (Phi) is 2.78. The van der Waals surface area contributed by atoms with E-state index in [1.807, 2.05) is 39.1 Å². The summed E-state index contributed by atoms with van der Waals surface area (Å²) in [6.07, 6.45) is 0. The van der Waals surface area contributed by atoms with Gasteiger partial charge in [-0.3, -0.25) is 0 Å². The second kappa shape index (κ2) is 3.96. The van der Waals surface area contributed by atoms with Gasteiger partial charge in [-0.1, -0.05) is 6.07 Å². The Morgan fingerprint density at radius 1 is 1.31 bits per heavy atom. The quantitative estimate of drug-likeness (QED) is 0.812. The van der Waals surface area contributed by atoms with E-state index in [1.54, 1.807) is 0 Å². The van der Waals surface area contributed by atoms with Crippen molar-refractivity contribution in [2.75, 3.05) is 13.8 Å². The molecular weight excluding hydrogens is 204 g/mol. The summed E-state index contributed by atoms with van der Waals surface area (Å²) in [5, 5.41) is 3.23. The van der Waals surface area contributed by atoms with E-state index < -0.39 is 0 Å². The smallest absolute Gasteiger partial charge is 0.231 e. The highest BCUT2D eigenvalue weighted by Gasteiger charge is 2.26. The third-order valence-electron chi connectivity index (χ3n) is 2.76. The second-order valence-electron chi connectivity index (χ2n) is 4.66. The van der Waals surface area contributed by atoms with E-state index in [-0.39, 0.29) is 11.6 Å². The molecule has 0 fully saturated rings. The molecule has 0 aromatic heterocycles. The van der Waals surface area contributed by atoms with Crippen molar-refractivity contribution in [2.45, 2.75) is 25.4 Å². The molecule has 0 bridgehead atoms. The fourth-order valence-corrected chi connectivity index (χ4v) is 2.06. The van der Waals surface area contributed by atoms with Gasteiger partial charge in [-0.15, -0.1) is 0 Å². The number of fused-ring (bicyclic) bond motifs is 1. The first-order chi connectivity index (χ1) is 7.52. The number of likely N-dealkylation sites (N-methyl/N-ethyl adjacent to an activating group) is 1. The molecule has 1 unspecified atom stereocenters. The van der Waals surface area contributed by atoms with Crippen molar-refractivity contribution >= 4 is 0 Å². The summed E-state index contributed by atoms with van der Waals surface area (Å²) < 4.78 is 10.6. The number of nitrogens with two attached hydrogens (primary N) is 1. The van der Waals surface area contributed by atoms with E-state index in [0.29, 0.717) is 6.79 Å². The standard InChI is InChI=1S/C12H18N2O2/c1-12(2,13)11(14-3)8-4-5-9-10(6-8)16-7-15-9/h4-6,11,14H,7,13H2,1-3H3. The third kappa shape index (κ3) is 1.99. The highest BCUT2D eigenvalue weighted by atomic mass is 16.7. The molecule has 1 heterocycles. The van der Waals surface area contributed by atoms with Gasteiger partial charge in [0.1, 0.15) is 0 Å². The van der Waals surface area contributed by atoms with Crippen LogP contribution < -0.4 is 20.5 Å². The molecule has 1 aliphatic rings. The van der Waals surface area contributed by atoms with Crippen LogP contribution in [0, 0.1) is 0 Å². The Balaban J connectivity index is 2.33. The molecule has 16 heavy (non-hydrogen) atoms. The average molecular weight is 222 g/mol. The van der Waals surface area contributed by atoms with Gasteiger partial charge in [-0.25, -0.2) is 0 Å². The number of benzene rings is 1. The van der Waals surface area contributed by atoms with Crippen molar-refractivity contribution in [2.24, 2.45) is 5.73 Å². The molecule has 4 heteroatoms. The van der Waals surface area contributed by atoms with Gasteiger partial charge in [0.05, 0.1) is 0 Å². The molecule has 0 spiro atoms. The van der Waals surface area contributed by atoms with Crippen LogP contribution in [-0.4, -0.2) is 19.4 Å². The Bertz CT molecular complexity index is 385. The minimum Gasteiger partial charge on any atom is -0.454 e. The zero-order valence-corrected chi connectivity index (χ0v) is 9.91. The van der Waals surface area contributed by atoms with Gasteiger partial charge in [-0.2, -0.15) is 0 Å². The fourth-order valence-electron chi connectivity index (χ4n) is 2.06. The predicted molar refractivity (Wildman–Crippen MR) is 62.6 cm³/mol. The fraction of sp³-hybridized carbons (Fsp3) is 0.500. The van der Waals surface area contributed by atoms with Crippen LogP contribution in [0.2, 0.25) is 0 Å². The average Bonchev–Trinajstić information content (AvgIpc) is 2.63. The van der Waals surface area contributed by atoms with E-state index in [1.165, 1.54) is 0 Å². The Labute approximate surface area is 95.7 Å². The van der Waals surface area contributed by atoms with Crippen LogP contribution in [0.4, 0.5) is 0 Å². The minimum absolute atomic E-state index is 0.0852. The third-order valence-corrected chi connectivity index (χ3v) is 2.76. The van der Waals surface area contributed by atoms with E-state index in [9.17, 15) is 0 Å². The number of nitrogens with one attached hydrogen (secondary N) is 1. The van der Waals surface area contributed by atoms with Gasteiger partial charge in [-0.05, 0) is 38.6 Å². The van der Waals surface area contributed by atoms with Gasteiger partial charge >= 0.3 is 0 Å². The predicted octanol–water partition coefficient (Wildman–Crippen LogP) is 1.41. The molecule has 0 aliphatic carbocycles. The number of hydrogen-bond acceptors (Lipinski definition) is 4. The maximum atomic E-state index is 6.13. The van der Waals surface area contributed by atoms with Gasteiger partial charge in [0.25, 0.3) is 0 Å². The summed E-state index contributed by atoms with van der Waals surface area (Å²) in [6, 6.07) is 6.01. The highest BCUT2D eigenvalue weighted by molar-refractivity contribution is 5.45. The van der Waals surface area contributed by atoms with E-state index in [0.717, 1.165) is 17.1 Å². The number of ether oxygens (including phenoxy) is 2. The van der Waals surface area contributed by atoms with Crippen molar-refractivity contribution in [1.82, 2.24) is 5.32 Å². The normalized spacial score (nSPS) is 16.2. The van der Waals surface area contributed by atoms with Gasteiger partial charge in [0.15, 0.2) is 11.5 Å². The van der Waals surface area contributed by atoms with Crippen LogP contribution in [0.25, 0.3) is 0 Å². The number of hydrogen-bond donors (Lipinski definition) is 2. The molecule has 0 saturated carbocycles. The lowest BCUT2D eigenvalue weighted by molar-refractivity contribution is 0.174. The monoisotopic (exact) mass is 222 g/mol. The van der Waals surface area contributed by atoms with Crippen LogP contribution in [0.1, 0.15) is 25.5 Å². The Morgan fingerprint density at radius 3 is 2.62 bits per heavy atom. The van der Waals surface area contributed by atoms with Gasteiger partial charge in [0.2, 0.25) is 6.79 Å². The molecule has 3 N–H and O–H groups in total. The summed E-state index contributed by atoms with van der Waals surface area (Å²) >= 11 is 0. The molecule has 1 aromatic rings. The lowest BCUT2D eigenvalue weighted by Crippen LogP contribution is -2.45. The minimum atomic E-state index is -0.331. The second-order valence-corrected chi connectivity index (χ2v) is 4.66. The van der Waals surface area contributed by atoms with Crippen LogP contribution >= 0.6 is 0 Å². The topological polar surface area (TPSA) is 56.5 Å². The molecule has 88 valence electrons. The van der Waals surface area contributed by atoms with Crippen LogP contribution in [0.15, 0.2) is 18.2 Å². The van der Waals surface area contributed by atoms with E-state index >= 15 is 0 Å². The molecule has 2 rings (SSSR count). The maximum absolute atomic E-state index is 6.13. The van der Waals surface area contributed by atoms with Crippen molar-refractivity contribution in [1.29, 1.82) is 0 Å². The first kappa shape index (κ1) is 11.2. The zero-order valence-electron chi connectivity index (χ0n) is 9.91. The number of rotatable bonds is 3. The first-order valence-corrected chi connectivity index (χ1v) is 5.38. The molecule has 1 atom stereocenters. The summed E-state index contributed by atoms with van der Waals surface area (Å²) in [7, 11) is 1.91. The summed E-state index contributed by atoms with van der Waals surface area (Å²) in [5.41, 5.74) is 6.91. The van der Waals surface area contributed by atoms with Crippen LogP contribution in [0.3, 0.4) is 0 Å². The molecular formula is C12H18N2O2. The van der Waals surface area contributed by atoms with Crippen molar-refractivity contribution in [3.05, 3.63) is 23.8 Å².